The number of hydrogen-bond donors (Lipinski definition) is 1. The van der Waals surface area contributed by atoms with Crippen LogP contribution in [0.5, 0.6) is 0 Å². The van der Waals surface area contributed by atoms with Crippen molar-refractivity contribution >= 4 is 39.9 Å². The SMILES string of the molecule is C=C(CC1=C(c2ccc(C)cc2)SC2C(Cl)=CC(Cl)=CN12)NCCC. The lowest BCUT2D eigenvalue weighted by molar-refractivity contribution is 0.471. The molecule has 1 atom stereocenters. The molecule has 0 spiro atoms. The summed E-state index contributed by atoms with van der Waals surface area (Å²) >= 11 is 14.5. The monoisotopic (exact) mass is 392 g/mol. The highest BCUT2D eigenvalue weighted by Gasteiger charge is 2.36. The van der Waals surface area contributed by atoms with Gasteiger partial charge in [-0.3, -0.25) is 0 Å². The summed E-state index contributed by atoms with van der Waals surface area (Å²) < 4.78 is 0. The third kappa shape index (κ3) is 4.11. The third-order valence-corrected chi connectivity index (χ3v) is 6.21. The van der Waals surface area contributed by atoms with Crippen molar-refractivity contribution in [2.24, 2.45) is 0 Å². The minimum absolute atomic E-state index is 0.0504. The first-order valence-corrected chi connectivity index (χ1v) is 10.0. The average Bonchev–Trinajstić information content (AvgIpc) is 2.92. The van der Waals surface area contributed by atoms with Crippen LogP contribution in [-0.2, 0) is 0 Å². The van der Waals surface area contributed by atoms with Gasteiger partial charge in [0.2, 0.25) is 0 Å². The van der Waals surface area contributed by atoms with Crippen molar-refractivity contribution in [3.63, 3.8) is 0 Å². The second kappa shape index (κ2) is 7.94. The Morgan fingerprint density at radius 3 is 2.68 bits per heavy atom. The molecule has 1 aromatic carbocycles. The summed E-state index contributed by atoms with van der Waals surface area (Å²) in [6.07, 6.45) is 5.62. The molecule has 2 aliphatic rings. The fourth-order valence-corrected chi connectivity index (χ4v) is 4.81. The van der Waals surface area contributed by atoms with Crippen molar-refractivity contribution in [1.82, 2.24) is 10.2 Å². The van der Waals surface area contributed by atoms with Gasteiger partial charge in [-0.2, -0.15) is 0 Å². The van der Waals surface area contributed by atoms with Crippen LogP contribution in [0, 0.1) is 6.92 Å². The van der Waals surface area contributed by atoms with Crippen LogP contribution in [0.2, 0.25) is 0 Å². The number of rotatable bonds is 6. The van der Waals surface area contributed by atoms with Crippen LogP contribution in [0.1, 0.15) is 30.9 Å². The van der Waals surface area contributed by atoms with Crippen molar-refractivity contribution < 1.29 is 0 Å². The van der Waals surface area contributed by atoms with Crippen LogP contribution in [0.25, 0.3) is 4.91 Å². The topological polar surface area (TPSA) is 15.3 Å². The Kier molecular flexibility index (Phi) is 5.88. The molecule has 25 heavy (non-hydrogen) atoms. The molecule has 2 nitrogen and oxygen atoms in total. The van der Waals surface area contributed by atoms with Crippen LogP contribution in [0.3, 0.4) is 0 Å². The maximum absolute atomic E-state index is 6.48. The maximum Gasteiger partial charge on any atom is 0.120 e. The molecule has 5 heteroatoms. The lowest BCUT2D eigenvalue weighted by atomic mass is 10.1. The molecule has 0 aromatic heterocycles. The molecule has 2 heterocycles. The van der Waals surface area contributed by atoms with Crippen molar-refractivity contribution in [1.29, 1.82) is 0 Å². The van der Waals surface area contributed by atoms with Gasteiger partial charge in [0.25, 0.3) is 0 Å². The molecule has 0 saturated heterocycles. The minimum atomic E-state index is 0.0504. The standard InChI is InChI=1S/C20H22Cl2N2S/c1-4-9-23-14(3)10-18-19(15-7-5-13(2)6-8-15)25-20-17(22)11-16(21)12-24(18)20/h5-8,11-12,20,23H,3-4,9-10H2,1-2H3. The van der Waals surface area contributed by atoms with E-state index in [1.165, 1.54) is 21.7 Å². The first-order valence-electron chi connectivity index (χ1n) is 8.41. The molecule has 0 radical (unpaired) electrons. The predicted molar refractivity (Wildman–Crippen MR) is 111 cm³/mol. The Morgan fingerprint density at radius 2 is 2.00 bits per heavy atom. The fourth-order valence-electron chi connectivity index (χ4n) is 2.88. The zero-order chi connectivity index (χ0) is 18.0. The molecule has 0 bridgehead atoms. The third-order valence-electron chi connectivity index (χ3n) is 4.15. The molecule has 1 aromatic rings. The smallest absolute Gasteiger partial charge is 0.120 e. The molecular weight excluding hydrogens is 371 g/mol. The van der Waals surface area contributed by atoms with Gasteiger partial charge in [-0.25, -0.2) is 0 Å². The largest absolute Gasteiger partial charge is 0.389 e. The van der Waals surface area contributed by atoms with E-state index in [0.717, 1.165) is 30.1 Å². The van der Waals surface area contributed by atoms with Gasteiger partial charge >= 0.3 is 0 Å². The maximum atomic E-state index is 6.48. The Balaban J connectivity index is 1.97. The minimum Gasteiger partial charge on any atom is -0.389 e. The zero-order valence-electron chi connectivity index (χ0n) is 14.5. The number of nitrogens with zero attached hydrogens (tertiary/aromatic N) is 1. The van der Waals surface area contributed by atoms with E-state index < -0.39 is 0 Å². The van der Waals surface area contributed by atoms with Gasteiger partial charge in [0, 0.05) is 35.5 Å². The first-order chi connectivity index (χ1) is 12.0. The summed E-state index contributed by atoms with van der Waals surface area (Å²) in [4.78, 5) is 3.42. The fraction of sp³-hybridized carbons (Fsp3) is 0.300. The lowest BCUT2D eigenvalue weighted by Crippen LogP contribution is -2.27. The number of halogens is 2. The Bertz CT molecular complexity index is 762. The van der Waals surface area contributed by atoms with Gasteiger partial charge in [0.1, 0.15) is 5.37 Å². The Labute approximate surface area is 164 Å². The quantitative estimate of drug-likeness (QED) is 0.623. The number of hydrogen-bond acceptors (Lipinski definition) is 3. The highest BCUT2D eigenvalue weighted by molar-refractivity contribution is 8.09. The van der Waals surface area contributed by atoms with Crippen LogP contribution in [0.15, 0.2) is 64.6 Å². The second-order valence-corrected chi connectivity index (χ2v) is 8.23. The molecule has 0 saturated carbocycles. The normalized spacial score (nSPS) is 19.5. The molecular formula is C20H22Cl2N2S. The summed E-state index contributed by atoms with van der Waals surface area (Å²) in [7, 11) is 0. The molecule has 1 N–H and O–H groups in total. The number of thioether (sulfide) groups is 1. The lowest BCUT2D eigenvalue weighted by Gasteiger charge is -2.28. The molecule has 0 fully saturated rings. The number of fused-ring (bicyclic) bond motifs is 1. The van der Waals surface area contributed by atoms with Gasteiger partial charge in [0.05, 0.1) is 10.1 Å². The Morgan fingerprint density at radius 1 is 1.28 bits per heavy atom. The van der Waals surface area contributed by atoms with Crippen LogP contribution in [0.4, 0.5) is 0 Å². The van der Waals surface area contributed by atoms with Gasteiger partial charge in [-0.15, -0.1) is 0 Å². The van der Waals surface area contributed by atoms with E-state index in [9.17, 15) is 0 Å². The summed E-state index contributed by atoms with van der Waals surface area (Å²) in [5.74, 6) is 0. The summed E-state index contributed by atoms with van der Waals surface area (Å²) in [5, 5.41) is 4.85. The number of allylic oxidation sites excluding steroid dienone is 2. The molecule has 2 aliphatic heterocycles. The van der Waals surface area contributed by atoms with Gasteiger partial charge in [0.15, 0.2) is 0 Å². The summed E-state index contributed by atoms with van der Waals surface area (Å²) in [6, 6.07) is 8.62. The van der Waals surface area contributed by atoms with E-state index in [2.05, 4.69) is 54.9 Å². The van der Waals surface area contributed by atoms with E-state index in [0.29, 0.717) is 5.03 Å². The van der Waals surface area contributed by atoms with Crippen molar-refractivity contribution in [2.45, 2.75) is 32.1 Å². The number of nitrogens with one attached hydrogen (secondary N) is 1. The summed E-state index contributed by atoms with van der Waals surface area (Å²) in [6.45, 7) is 9.37. The molecule has 0 amide bonds. The highest BCUT2D eigenvalue weighted by atomic mass is 35.5. The average molecular weight is 393 g/mol. The van der Waals surface area contributed by atoms with Crippen LogP contribution >= 0.6 is 35.0 Å². The first kappa shape index (κ1) is 18.5. The van der Waals surface area contributed by atoms with Gasteiger partial charge in [-0.05, 0) is 25.0 Å². The van der Waals surface area contributed by atoms with Crippen molar-refractivity contribution in [2.75, 3.05) is 6.54 Å². The molecule has 0 aliphatic carbocycles. The van der Waals surface area contributed by atoms with Crippen molar-refractivity contribution in [3.05, 3.63) is 75.7 Å². The van der Waals surface area contributed by atoms with Gasteiger partial charge < -0.3 is 10.2 Å². The number of benzene rings is 1. The highest BCUT2D eigenvalue weighted by Crippen LogP contribution is 2.51. The van der Waals surface area contributed by atoms with E-state index in [4.69, 9.17) is 23.2 Å². The van der Waals surface area contributed by atoms with E-state index in [-0.39, 0.29) is 5.37 Å². The molecule has 132 valence electrons. The zero-order valence-corrected chi connectivity index (χ0v) is 16.8. The van der Waals surface area contributed by atoms with Crippen molar-refractivity contribution in [3.8, 4) is 0 Å². The van der Waals surface area contributed by atoms with Crippen LogP contribution in [-0.4, -0.2) is 16.8 Å². The van der Waals surface area contributed by atoms with Crippen LogP contribution < -0.4 is 5.32 Å². The van der Waals surface area contributed by atoms with E-state index in [1.54, 1.807) is 11.8 Å². The summed E-state index contributed by atoms with van der Waals surface area (Å²) in [5.41, 5.74) is 4.66. The molecule has 1 unspecified atom stereocenters. The van der Waals surface area contributed by atoms with E-state index >= 15 is 0 Å². The number of aryl methyl sites for hydroxylation is 1. The predicted octanol–water partition coefficient (Wildman–Crippen LogP) is 6.16. The second-order valence-electron chi connectivity index (χ2n) is 6.27. The molecule has 3 rings (SSSR count). The van der Waals surface area contributed by atoms with E-state index in [1.807, 2.05) is 12.3 Å². The van der Waals surface area contributed by atoms with Gasteiger partial charge in [-0.1, -0.05) is 78.3 Å². The Hall–Kier alpha value is -1.29.